The first-order chi connectivity index (χ1) is 17.3. The van der Waals surface area contributed by atoms with Gasteiger partial charge in [-0.05, 0) is 31.1 Å². The zero-order chi connectivity index (χ0) is 26.8. The Kier molecular flexibility index (Phi) is 16.0. The number of carbonyl (C=O) groups is 4. The minimum atomic E-state index is -1.15. The number of esters is 2. The molecule has 4 N–H and O–H groups in total. The third-order valence-electron chi connectivity index (χ3n) is 6.57. The second-order valence-corrected chi connectivity index (χ2v) is 9.77. The number of aliphatic hydroxyl groups is 2. The molecule has 10 nitrogen and oxygen atoms in total. The first kappa shape index (κ1) is 31.8. The summed E-state index contributed by atoms with van der Waals surface area (Å²) < 4.78 is 10.3. The first-order valence-electron chi connectivity index (χ1n) is 13.4. The van der Waals surface area contributed by atoms with E-state index in [-0.39, 0.29) is 26.1 Å². The van der Waals surface area contributed by atoms with E-state index in [1.54, 1.807) is 0 Å². The van der Waals surface area contributed by atoms with Gasteiger partial charge in [0.05, 0.1) is 26.4 Å². The lowest BCUT2D eigenvalue weighted by molar-refractivity contribution is -0.150. The topological polar surface area (TPSA) is 151 Å². The maximum Gasteiger partial charge on any atom is 0.331 e. The van der Waals surface area contributed by atoms with Gasteiger partial charge in [0.1, 0.15) is 0 Å². The third-order valence-corrected chi connectivity index (χ3v) is 6.57. The van der Waals surface area contributed by atoms with E-state index in [2.05, 4.69) is 24.5 Å². The number of hydrogen-bond acceptors (Lipinski definition) is 8. The molecule has 0 bridgehead atoms. The molecule has 1 rings (SSSR count). The molecule has 1 aliphatic rings. The van der Waals surface area contributed by atoms with Crippen molar-refractivity contribution in [2.75, 3.05) is 26.4 Å². The van der Waals surface area contributed by atoms with E-state index < -0.39 is 54.5 Å². The third kappa shape index (κ3) is 12.2. The Morgan fingerprint density at radius 2 is 1.14 bits per heavy atom. The Morgan fingerprint density at radius 1 is 0.722 bits per heavy atom. The highest BCUT2D eigenvalue weighted by atomic mass is 16.5. The van der Waals surface area contributed by atoms with Gasteiger partial charge in [-0.25, -0.2) is 9.59 Å². The average molecular weight is 515 g/mol. The van der Waals surface area contributed by atoms with Crippen molar-refractivity contribution < 1.29 is 38.9 Å². The number of carbonyl (C=O) groups excluding carboxylic acids is 4. The van der Waals surface area contributed by atoms with Crippen LogP contribution < -0.4 is 10.6 Å². The van der Waals surface area contributed by atoms with E-state index in [0.717, 1.165) is 57.8 Å². The van der Waals surface area contributed by atoms with Crippen LogP contribution in [0.2, 0.25) is 0 Å². The number of ether oxygens (including phenoxy) is 2. The van der Waals surface area contributed by atoms with Crippen LogP contribution in [0.25, 0.3) is 0 Å². The van der Waals surface area contributed by atoms with Crippen molar-refractivity contribution in [1.29, 1.82) is 0 Å². The maximum atomic E-state index is 12.6. The van der Waals surface area contributed by atoms with Crippen LogP contribution in [-0.4, -0.2) is 72.5 Å². The molecule has 1 fully saturated rings. The quantitative estimate of drug-likeness (QED) is 0.142. The highest BCUT2D eigenvalue weighted by Crippen LogP contribution is 2.46. The fraction of sp³-hybridized carbons (Fsp3) is 0.846. The largest absolute Gasteiger partial charge is 0.464 e. The van der Waals surface area contributed by atoms with Crippen LogP contribution in [0.15, 0.2) is 0 Å². The fourth-order valence-electron chi connectivity index (χ4n) is 4.23. The van der Waals surface area contributed by atoms with Crippen molar-refractivity contribution in [3.05, 3.63) is 0 Å². The molecule has 10 heteroatoms. The smallest absolute Gasteiger partial charge is 0.331 e. The summed E-state index contributed by atoms with van der Waals surface area (Å²) in [6, 6.07) is -2.30. The van der Waals surface area contributed by atoms with Crippen LogP contribution >= 0.6 is 0 Å². The molecule has 0 aromatic carbocycles. The van der Waals surface area contributed by atoms with Crippen LogP contribution in [0.1, 0.15) is 97.3 Å². The van der Waals surface area contributed by atoms with Crippen molar-refractivity contribution in [1.82, 2.24) is 10.6 Å². The van der Waals surface area contributed by atoms with E-state index in [0.29, 0.717) is 12.8 Å². The minimum Gasteiger partial charge on any atom is -0.464 e. The van der Waals surface area contributed by atoms with Gasteiger partial charge in [0.25, 0.3) is 0 Å². The van der Waals surface area contributed by atoms with Crippen molar-refractivity contribution in [2.45, 2.75) is 109 Å². The summed E-state index contributed by atoms with van der Waals surface area (Å²) in [5.74, 6) is -2.26. The SMILES string of the molecule is CCCCCCOC(=O)[C@@H](CO)NC(=O)CC1(CC(=O)N[C@H](CO)C(=O)OCCCCCC)CCC1. The lowest BCUT2D eigenvalue weighted by Gasteiger charge is -2.41. The number of aliphatic hydroxyl groups excluding tert-OH is 2. The number of nitrogens with one attached hydrogen (secondary N) is 2. The molecule has 0 aromatic heterocycles. The van der Waals surface area contributed by atoms with Gasteiger partial charge in [-0.1, -0.05) is 58.8 Å². The number of rotatable bonds is 20. The molecular formula is C26H46N2O8. The van der Waals surface area contributed by atoms with Crippen LogP contribution in [0.5, 0.6) is 0 Å². The molecule has 1 aliphatic carbocycles. The molecule has 0 radical (unpaired) electrons. The standard InChI is InChI=1S/C26H46N2O8/c1-3-5-7-9-14-35-24(33)20(18-29)27-22(31)16-26(12-11-13-26)17-23(32)28-21(19-30)25(34)36-15-10-8-6-4-2/h20-21,29-30H,3-19H2,1-2H3,(H,27,31)(H,28,32)/t20-,21-/m1/s1. The molecule has 0 aromatic rings. The van der Waals surface area contributed by atoms with Crippen LogP contribution in [0.3, 0.4) is 0 Å². The molecule has 0 unspecified atom stereocenters. The summed E-state index contributed by atoms with van der Waals surface area (Å²) in [5, 5.41) is 24.1. The molecule has 0 saturated heterocycles. The normalized spacial score (nSPS) is 15.8. The van der Waals surface area contributed by atoms with Gasteiger partial charge in [-0.2, -0.15) is 0 Å². The Labute approximate surface area is 214 Å². The zero-order valence-electron chi connectivity index (χ0n) is 22.0. The predicted molar refractivity (Wildman–Crippen MR) is 134 cm³/mol. The predicted octanol–water partition coefficient (Wildman–Crippen LogP) is 2.14. The molecular weight excluding hydrogens is 468 g/mol. The van der Waals surface area contributed by atoms with Gasteiger partial charge in [0, 0.05) is 12.8 Å². The number of hydrogen-bond donors (Lipinski definition) is 4. The Hall–Kier alpha value is -2.20. The lowest BCUT2D eigenvalue weighted by atomic mass is 9.64. The summed E-state index contributed by atoms with van der Waals surface area (Å²) in [6.07, 6.45) is 9.72. The lowest BCUT2D eigenvalue weighted by Crippen LogP contribution is -2.49. The summed E-state index contributed by atoms with van der Waals surface area (Å²) >= 11 is 0. The van der Waals surface area contributed by atoms with Crippen LogP contribution in [0, 0.1) is 5.41 Å². The summed E-state index contributed by atoms with van der Waals surface area (Å²) in [4.78, 5) is 49.6. The minimum absolute atomic E-state index is 0.00632. The highest BCUT2D eigenvalue weighted by molar-refractivity contribution is 5.87. The average Bonchev–Trinajstić information content (AvgIpc) is 2.83. The van der Waals surface area contributed by atoms with Gasteiger partial charge in [-0.15, -0.1) is 0 Å². The van der Waals surface area contributed by atoms with Gasteiger partial charge >= 0.3 is 11.9 Å². The molecule has 0 heterocycles. The Balaban J connectivity index is 2.50. The molecule has 2 atom stereocenters. The molecule has 0 spiro atoms. The van der Waals surface area contributed by atoms with Crippen LogP contribution in [-0.2, 0) is 28.7 Å². The molecule has 36 heavy (non-hydrogen) atoms. The second kappa shape index (κ2) is 18.1. The Morgan fingerprint density at radius 3 is 1.44 bits per heavy atom. The van der Waals surface area contributed by atoms with Crippen molar-refractivity contribution >= 4 is 23.8 Å². The molecule has 2 amide bonds. The van der Waals surface area contributed by atoms with E-state index in [9.17, 15) is 29.4 Å². The zero-order valence-corrected chi connectivity index (χ0v) is 22.0. The van der Waals surface area contributed by atoms with Crippen molar-refractivity contribution in [3.63, 3.8) is 0 Å². The van der Waals surface area contributed by atoms with Crippen LogP contribution in [0.4, 0.5) is 0 Å². The number of unbranched alkanes of at least 4 members (excludes halogenated alkanes) is 6. The maximum absolute atomic E-state index is 12.6. The van der Waals surface area contributed by atoms with Gasteiger partial charge in [0.2, 0.25) is 11.8 Å². The monoisotopic (exact) mass is 514 g/mol. The summed E-state index contributed by atoms with van der Waals surface area (Å²) in [5.41, 5.74) is -0.595. The van der Waals surface area contributed by atoms with Gasteiger partial charge in [-0.3, -0.25) is 9.59 Å². The van der Waals surface area contributed by atoms with E-state index >= 15 is 0 Å². The molecule has 208 valence electrons. The number of amides is 2. The van der Waals surface area contributed by atoms with E-state index in [1.165, 1.54) is 0 Å². The highest BCUT2D eigenvalue weighted by Gasteiger charge is 2.41. The van der Waals surface area contributed by atoms with E-state index in [4.69, 9.17) is 9.47 Å². The van der Waals surface area contributed by atoms with Gasteiger partial charge < -0.3 is 30.3 Å². The first-order valence-corrected chi connectivity index (χ1v) is 13.4. The van der Waals surface area contributed by atoms with E-state index in [1.807, 2.05) is 0 Å². The summed E-state index contributed by atoms with van der Waals surface area (Å²) in [6.45, 7) is 3.48. The van der Waals surface area contributed by atoms with Crippen molar-refractivity contribution in [3.8, 4) is 0 Å². The van der Waals surface area contributed by atoms with Gasteiger partial charge in [0.15, 0.2) is 12.1 Å². The fourth-order valence-corrected chi connectivity index (χ4v) is 4.23. The Bertz CT molecular complexity index is 629. The van der Waals surface area contributed by atoms with Crippen molar-refractivity contribution in [2.24, 2.45) is 5.41 Å². The second-order valence-electron chi connectivity index (χ2n) is 9.77. The molecule has 1 saturated carbocycles. The molecule has 0 aliphatic heterocycles. The summed E-state index contributed by atoms with van der Waals surface area (Å²) in [7, 11) is 0.